The third kappa shape index (κ3) is 4.58. The lowest BCUT2D eigenvalue weighted by Crippen LogP contribution is -2.35. The lowest BCUT2D eigenvalue weighted by atomic mass is 10.0. The zero-order valence-electron chi connectivity index (χ0n) is 20.0. The fourth-order valence-corrected chi connectivity index (χ4v) is 4.94. The van der Waals surface area contributed by atoms with Gasteiger partial charge in [0.25, 0.3) is 0 Å². The summed E-state index contributed by atoms with van der Waals surface area (Å²) < 4.78 is 2.13. The average Bonchev–Trinajstić information content (AvgIpc) is 3.22. The van der Waals surface area contributed by atoms with Gasteiger partial charge < -0.3 is 20.3 Å². The summed E-state index contributed by atoms with van der Waals surface area (Å²) in [5, 5.41) is 28.3. The van der Waals surface area contributed by atoms with Crippen LogP contribution < -0.4 is 10.6 Å². The molecule has 7 heteroatoms. The van der Waals surface area contributed by atoms with Crippen molar-refractivity contribution in [3.05, 3.63) is 71.0 Å². The summed E-state index contributed by atoms with van der Waals surface area (Å²) in [7, 11) is 0. The van der Waals surface area contributed by atoms with Gasteiger partial charge in [-0.05, 0) is 72.6 Å². The normalized spacial score (nSPS) is 14.5. The average molecular weight is 468 g/mol. The lowest BCUT2D eigenvalue weighted by Gasteiger charge is -2.25. The molecule has 0 aliphatic carbocycles. The highest BCUT2D eigenvalue weighted by molar-refractivity contribution is 6.03. The highest BCUT2D eigenvalue weighted by Crippen LogP contribution is 2.30. The Morgan fingerprint density at radius 2 is 1.94 bits per heavy atom. The van der Waals surface area contributed by atoms with E-state index in [1.807, 2.05) is 24.3 Å². The zero-order chi connectivity index (χ0) is 24.5. The number of imidazole rings is 1. The van der Waals surface area contributed by atoms with Gasteiger partial charge in [0.05, 0.1) is 22.7 Å². The molecule has 178 valence electrons. The third-order valence-electron chi connectivity index (χ3n) is 6.71. The molecule has 0 atom stereocenters. The minimum atomic E-state index is -0.973. The van der Waals surface area contributed by atoms with Crippen LogP contribution in [-0.4, -0.2) is 39.8 Å². The number of hydrogen-bond acceptors (Lipinski definition) is 5. The maximum atomic E-state index is 12.2. The van der Waals surface area contributed by atoms with Crippen LogP contribution in [-0.2, 0) is 6.54 Å². The molecule has 0 bridgehead atoms. The van der Waals surface area contributed by atoms with Gasteiger partial charge in [0, 0.05) is 24.2 Å². The quantitative estimate of drug-likeness (QED) is 0.365. The van der Waals surface area contributed by atoms with Crippen molar-refractivity contribution >= 4 is 33.5 Å². The van der Waals surface area contributed by atoms with Gasteiger partial charge in [0.2, 0.25) is 0 Å². The van der Waals surface area contributed by atoms with Gasteiger partial charge in [-0.1, -0.05) is 32.0 Å². The Balaban J connectivity index is 1.61. The number of aromatic nitrogens is 2. The Bertz CT molecular complexity index is 1460. The van der Waals surface area contributed by atoms with Crippen LogP contribution in [0.2, 0.25) is 0 Å². The summed E-state index contributed by atoms with van der Waals surface area (Å²) in [6, 6.07) is 18.2. The van der Waals surface area contributed by atoms with E-state index < -0.39 is 5.97 Å². The van der Waals surface area contributed by atoms with Crippen LogP contribution in [0, 0.1) is 11.3 Å². The van der Waals surface area contributed by atoms with E-state index >= 15 is 0 Å². The van der Waals surface area contributed by atoms with Crippen molar-refractivity contribution in [1.29, 1.82) is 5.26 Å². The highest BCUT2D eigenvalue weighted by Gasteiger charge is 2.22. The van der Waals surface area contributed by atoms with Crippen molar-refractivity contribution in [2.45, 2.75) is 45.2 Å². The van der Waals surface area contributed by atoms with Crippen molar-refractivity contribution < 1.29 is 9.90 Å². The molecule has 1 aliphatic heterocycles. The molecular formula is C28H29N5O2. The number of nitrogens with zero attached hydrogens (tertiary/aromatic N) is 3. The first-order valence-electron chi connectivity index (χ1n) is 12.1. The number of piperidine rings is 1. The van der Waals surface area contributed by atoms with Gasteiger partial charge >= 0.3 is 5.97 Å². The lowest BCUT2D eigenvalue weighted by molar-refractivity contribution is 0.0699. The van der Waals surface area contributed by atoms with Gasteiger partial charge in [0.1, 0.15) is 11.3 Å². The summed E-state index contributed by atoms with van der Waals surface area (Å²) >= 11 is 0. The number of carboxylic acid groups (broad SMARTS) is 1. The maximum absolute atomic E-state index is 12.2. The number of hydrogen-bond donors (Lipinski definition) is 3. The number of nitrogens with one attached hydrogen (secondary N) is 2. The van der Waals surface area contributed by atoms with E-state index in [1.54, 1.807) is 6.07 Å². The minimum absolute atomic E-state index is 0.121. The Hall–Kier alpha value is -3.89. The first kappa shape index (κ1) is 22.9. The van der Waals surface area contributed by atoms with E-state index in [-0.39, 0.29) is 11.5 Å². The number of rotatable bonds is 6. The van der Waals surface area contributed by atoms with Gasteiger partial charge in [-0.15, -0.1) is 0 Å². The molecule has 1 aromatic heterocycles. The topological polar surface area (TPSA) is 103 Å². The number of aromatic carboxylic acids is 1. The Morgan fingerprint density at radius 1 is 1.17 bits per heavy atom. The minimum Gasteiger partial charge on any atom is -0.478 e. The Kier molecular flexibility index (Phi) is 6.14. The monoisotopic (exact) mass is 467 g/mol. The molecule has 1 aliphatic rings. The molecular weight excluding hydrogens is 438 g/mol. The number of benzene rings is 3. The van der Waals surface area contributed by atoms with Crippen LogP contribution in [0.25, 0.3) is 21.8 Å². The molecule has 3 N–H and O–H groups in total. The van der Waals surface area contributed by atoms with Gasteiger partial charge in [-0.2, -0.15) is 5.26 Å². The van der Waals surface area contributed by atoms with Crippen molar-refractivity contribution in [3.63, 3.8) is 0 Å². The third-order valence-corrected chi connectivity index (χ3v) is 6.71. The summed E-state index contributed by atoms with van der Waals surface area (Å²) in [5.74, 6) is 0.00145. The second-order valence-corrected chi connectivity index (χ2v) is 9.58. The maximum Gasteiger partial charge on any atom is 0.338 e. The number of carboxylic acids is 1. The van der Waals surface area contributed by atoms with E-state index in [9.17, 15) is 15.2 Å². The van der Waals surface area contributed by atoms with Crippen LogP contribution in [0.15, 0.2) is 48.5 Å². The van der Waals surface area contributed by atoms with Crippen LogP contribution in [0.3, 0.4) is 0 Å². The molecule has 4 aromatic rings. The molecule has 35 heavy (non-hydrogen) atoms. The molecule has 3 aromatic carbocycles. The molecule has 1 saturated heterocycles. The summed E-state index contributed by atoms with van der Waals surface area (Å²) in [4.78, 5) is 17.0. The molecule has 0 unspecified atom stereocenters. The molecule has 0 radical (unpaired) electrons. The van der Waals surface area contributed by atoms with E-state index in [0.717, 1.165) is 59.3 Å². The van der Waals surface area contributed by atoms with Gasteiger partial charge in [0.15, 0.2) is 0 Å². The van der Waals surface area contributed by atoms with Crippen LogP contribution in [0.4, 0.5) is 5.69 Å². The van der Waals surface area contributed by atoms with Crippen LogP contribution in [0.1, 0.15) is 59.9 Å². The van der Waals surface area contributed by atoms with E-state index in [1.165, 1.54) is 0 Å². The van der Waals surface area contributed by atoms with Crippen molar-refractivity contribution in [2.24, 2.45) is 0 Å². The second-order valence-electron chi connectivity index (χ2n) is 9.58. The predicted octanol–water partition coefficient (Wildman–Crippen LogP) is 5.09. The standard InChI is InChI=1S/C28H29N5O2/c1-17(2)27-32-26-24(28(34)35)13-23(31-22-7-9-30-10-8-22)14-25(26)33(27)16-19-4-6-20-5-3-18(15-29)11-21(20)12-19/h3-6,11-14,17,22,30-31H,7-10,16H2,1-2H3,(H,34,35). The Labute approximate surface area is 204 Å². The predicted molar refractivity (Wildman–Crippen MR) is 138 cm³/mol. The second kappa shape index (κ2) is 9.40. The first-order valence-corrected chi connectivity index (χ1v) is 12.1. The van der Waals surface area contributed by atoms with Crippen molar-refractivity contribution in [1.82, 2.24) is 14.9 Å². The molecule has 2 heterocycles. The fraction of sp³-hybridized carbons (Fsp3) is 0.321. The van der Waals surface area contributed by atoms with Gasteiger partial charge in [-0.25, -0.2) is 9.78 Å². The Morgan fingerprint density at radius 3 is 2.66 bits per heavy atom. The molecule has 0 saturated carbocycles. The molecule has 0 spiro atoms. The SMILES string of the molecule is CC(C)c1nc2c(C(=O)O)cc(NC3CCNCC3)cc2n1Cc1ccc2ccc(C#N)cc2c1. The van der Waals surface area contributed by atoms with Gasteiger partial charge in [-0.3, -0.25) is 0 Å². The number of carbonyl (C=O) groups is 1. The molecule has 0 amide bonds. The van der Waals surface area contributed by atoms with E-state index in [2.05, 4.69) is 53.3 Å². The van der Waals surface area contributed by atoms with Crippen molar-refractivity contribution in [2.75, 3.05) is 18.4 Å². The molecule has 1 fully saturated rings. The summed E-state index contributed by atoms with van der Waals surface area (Å²) in [5.41, 5.74) is 4.07. The van der Waals surface area contributed by atoms with Crippen molar-refractivity contribution in [3.8, 4) is 6.07 Å². The fourth-order valence-electron chi connectivity index (χ4n) is 4.94. The van der Waals surface area contributed by atoms with Crippen LogP contribution in [0.5, 0.6) is 0 Å². The van der Waals surface area contributed by atoms with E-state index in [4.69, 9.17) is 4.98 Å². The number of nitriles is 1. The van der Waals surface area contributed by atoms with E-state index in [0.29, 0.717) is 23.7 Å². The smallest absolute Gasteiger partial charge is 0.338 e. The largest absolute Gasteiger partial charge is 0.478 e. The number of fused-ring (bicyclic) bond motifs is 2. The first-order chi connectivity index (χ1) is 16.9. The zero-order valence-corrected chi connectivity index (χ0v) is 20.0. The highest BCUT2D eigenvalue weighted by atomic mass is 16.4. The molecule has 5 rings (SSSR count). The molecule has 7 nitrogen and oxygen atoms in total. The summed E-state index contributed by atoms with van der Waals surface area (Å²) in [6.45, 7) is 6.62. The summed E-state index contributed by atoms with van der Waals surface area (Å²) in [6.07, 6.45) is 2.00. The number of anilines is 1. The van der Waals surface area contributed by atoms with Crippen LogP contribution >= 0.6 is 0 Å².